The van der Waals surface area contributed by atoms with Crippen LogP contribution in [0.15, 0.2) is 77.9 Å². The van der Waals surface area contributed by atoms with E-state index >= 15 is 0 Å². The van der Waals surface area contributed by atoms with Crippen LogP contribution in [0.3, 0.4) is 0 Å². The summed E-state index contributed by atoms with van der Waals surface area (Å²) in [7, 11) is 1.64. The molecule has 0 atom stereocenters. The minimum atomic E-state index is -0.0112. The van der Waals surface area contributed by atoms with Gasteiger partial charge in [0.1, 0.15) is 0 Å². The molecule has 4 aromatic rings. The number of aromatic nitrogens is 3. The zero-order valence-corrected chi connectivity index (χ0v) is 19.8. The first-order valence-corrected chi connectivity index (χ1v) is 11.9. The highest BCUT2D eigenvalue weighted by molar-refractivity contribution is 5.95. The quantitative estimate of drug-likeness (QED) is 0.440. The predicted molar refractivity (Wildman–Crippen MR) is 136 cm³/mol. The van der Waals surface area contributed by atoms with Crippen LogP contribution < -0.4 is 11.0 Å². The number of nitrogens with one attached hydrogen (secondary N) is 1. The van der Waals surface area contributed by atoms with E-state index in [1.807, 2.05) is 70.1 Å². The number of ether oxygens (including phenoxy) is 1. The van der Waals surface area contributed by atoms with Gasteiger partial charge in [0.05, 0.1) is 24.2 Å². The van der Waals surface area contributed by atoms with Crippen LogP contribution in [0.1, 0.15) is 29.2 Å². The molecule has 1 aliphatic rings. The monoisotopic (exact) mass is 471 g/mol. The van der Waals surface area contributed by atoms with Gasteiger partial charge in [0, 0.05) is 55.6 Å². The number of carbonyl (C=O) groups excluding carboxylic acids is 1. The maximum Gasteiger partial charge on any atom is 0.329 e. The standard InChI is InChI=1S/C27H29N5O3/c1-35-18-17-31-24-7-2-3-8-25(24)32(27(31)34)23-11-15-30(16-12-23)26(33)20-5-4-6-22(19-20)29-21-9-13-28-14-10-21/h2-10,13-14,19,23H,11-12,15-18H2,1H3,(H,28,29). The van der Waals surface area contributed by atoms with Gasteiger partial charge in [-0.25, -0.2) is 4.79 Å². The van der Waals surface area contributed by atoms with E-state index in [1.165, 1.54) is 0 Å². The van der Waals surface area contributed by atoms with Crippen molar-refractivity contribution >= 4 is 28.3 Å². The Morgan fingerprint density at radius 3 is 2.49 bits per heavy atom. The molecule has 8 heteroatoms. The van der Waals surface area contributed by atoms with Crippen LogP contribution in [0.2, 0.25) is 0 Å². The molecule has 1 saturated heterocycles. The van der Waals surface area contributed by atoms with Crippen molar-refractivity contribution in [2.24, 2.45) is 0 Å². The zero-order chi connectivity index (χ0) is 24.2. The van der Waals surface area contributed by atoms with Crippen molar-refractivity contribution in [1.29, 1.82) is 0 Å². The lowest BCUT2D eigenvalue weighted by Crippen LogP contribution is -2.41. The first-order valence-electron chi connectivity index (χ1n) is 11.9. The van der Waals surface area contributed by atoms with Crippen molar-refractivity contribution < 1.29 is 9.53 Å². The largest absolute Gasteiger partial charge is 0.383 e. The Kier molecular flexibility index (Phi) is 6.63. The number of para-hydroxylation sites is 2. The summed E-state index contributed by atoms with van der Waals surface area (Å²) in [6.07, 6.45) is 4.92. The van der Waals surface area contributed by atoms with Crippen LogP contribution in [0.5, 0.6) is 0 Å². The maximum absolute atomic E-state index is 13.3. The molecule has 0 radical (unpaired) electrons. The minimum absolute atomic E-state index is 0.0108. The third-order valence-electron chi connectivity index (χ3n) is 6.58. The molecule has 180 valence electrons. The zero-order valence-electron chi connectivity index (χ0n) is 19.8. The molecule has 0 saturated carbocycles. The molecule has 0 bridgehead atoms. The van der Waals surface area contributed by atoms with Crippen molar-refractivity contribution in [3.63, 3.8) is 0 Å². The first-order chi connectivity index (χ1) is 17.2. The van der Waals surface area contributed by atoms with Gasteiger partial charge in [0.25, 0.3) is 5.91 Å². The Morgan fingerprint density at radius 2 is 1.74 bits per heavy atom. The number of rotatable bonds is 7. The molecule has 35 heavy (non-hydrogen) atoms. The summed E-state index contributed by atoms with van der Waals surface area (Å²) in [4.78, 5) is 32.5. The van der Waals surface area contributed by atoms with Crippen molar-refractivity contribution in [3.8, 4) is 0 Å². The van der Waals surface area contributed by atoms with E-state index in [0.29, 0.717) is 31.8 Å². The number of nitrogens with zero attached hydrogens (tertiary/aromatic N) is 4. The fourth-order valence-corrected chi connectivity index (χ4v) is 4.83. The van der Waals surface area contributed by atoms with Gasteiger partial charge < -0.3 is 15.0 Å². The number of likely N-dealkylation sites (tertiary alicyclic amines) is 1. The number of fused-ring (bicyclic) bond motifs is 1. The number of amides is 1. The van der Waals surface area contributed by atoms with Crippen molar-refractivity contribution in [3.05, 3.63) is 89.1 Å². The number of hydrogen-bond acceptors (Lipinski definition) is 5. The van der Waals surface area contributed by atoms with Gasteiger partial charge in [-0.3, -0.25) is 18.9 Å². The van der Waals surface area contributed by atoms with Gasteiger partial charge >= 0.3 is 5.69 Å². The van der Waals surface area contributed by atoms with E-state index in [1.54, 1.807) is 24.1 Å². The van der Waals surface area contributed by atoms with Crippen LogP contribution in [0, 0.1) is 0 Å². The Morgan fingerprint density at radius 1 is 1.00 bits per heavy atom. The van der Waals surface area contributed by atoms with E-state index in [2.05, 4.69) is 10.3 Å². The molecule has 2 aromatic heterocycles. The molecule has 3 heterocycles. The molecule has 5 rings (SSSR count). The summed E-state index contributed by atoms with van der Waals surface area (Å²) in [5.74, 6) is 0.0108. The fourth-order valence-electron chi connectivity index (χ4n) is 4.83. The lowest BCUT2D eigenvalue weighted by Gasteiger charge is -2.32. The number of anilines is 2. The minimum Gasteiger partial charge on any atom is -0.383 e. The second-order valence-electron chi connectivity index (χ2n) is 8.75. The molecule has 8 nitrogen and oxygen atoms in total. The molecule has 1 N–H and O–H groups in total. The highest BCUT2D eigenvalue weighted by Gasteiger charge is 2.27. The fraction of sp³-hybridized carbons (Fsp3) is 0.296. The average molecular weight is 472 g/mol. The second-order valence-corrected chi connectivity index (χ2v) is 8.75. The summed E-state index contributed by atoms with van der Waals surface area (Å²) in [5, 5.41) is 3.31. The summed E-state index contributed by atoms with van der Waals surface area (Å²) in [6.45, 7) is 2.21. The topological polar surface area (TPSA) is 81.4 Å². The maximum atomic E-state index is 13.3. The smallest absolute Gasteiger partial charge is 0.329 e. The van der Waals surface area contributed by atoms with E-state index in [9.17, 15) is 9.59 Å². The average Bonchev–Trinajstić information content (AvgIpc) is 3.18. The van der Waals surface area contributed by atoms with Gasteiger partial charge in [0.2, 0.25) is 0 Å². The van der Waals surface area contributed by atoms with Crippen LogP contribution in [0.4, 0.5) is 11.4 Å². The highest BCUT2D eigenvalue weighted by atomic mass is 16.5. The number of carbonyl (C=O) groups is 1. The number of pyridine rings is 1. The molecule has 0 aliphatic carbocycles. The lowest BCUT2D eigenvalue weighted by molar-refractivity contribution is 0.0694. The number of piperidine rings is 1. The first kappa shape index (κ1) is 22.9. The van der Waals surface area contributed by atoms with E-state index in [0.717, 1.165) is 35.2 Å². The molecular weight excluding hydrogens is 442 g/mol. The van der Waals surface area contributed by atoms with Crippen molar-refractivity contribution in [1.82, 2.24) is 19.0 Å². The van der Waals surface area contributed by atoms with Crippen LogP contribution in [0.25, 0.3) is 11.0 Å². The van der Waals surface area contributed by atoms with Crippen LogP contribution in [-0.2, 0) is 11.3 Å². The number of imidazole rings is 1. The molecule has 1 aliphatic heterocycles. The SMILES string of the molecule is COCCn1c(=O)n(C2CCN(C(=O)c3cccc(Nc4ccncc4)c3)CC2)c2ccccc21. The van der Waals surface area contributed by atoms with Gasteiger partial charge in [-0.15, -0.1) is 0 Å². The van der Waals surface area contributed by atoms with Crippen LogP contribution in [-0.4, -0.2) is 51.7 Å². The van der Waals surface area contributed by atoms with Gasteiger partial charge in [-0.2, -0.15) is 0 Å². The number of methoxy groups -OCH3 is 1. The third kappa shape index (κ3) is 4.70. The van der Waals surface area contributed by atoms with Gasteiger partial charge in [-0.05, 0) is 55.3 Å². The molecule has 0 unspecified atom stereocenters. The van der Waals surface area contributed by atoms with Crippen LogP contribution >= 0.6 is 0 Å². The molecular formula is C27H29N5O3. The Hall–Kier alpha value is -3.91. The Labute approximate surface area is 203 Å². The molecule has 0 spiro atoms. The lowest BCUT2D eigenvalue weighted by atomic mass is 10.0. The Balaban J connectivity index is 1.30. The highest BCUT2D eigenvalue weighted by Crippen LogP contribution is 2.27. The summed E-state index contributed by atoms with van der Waals surface area (Å²) >= 11 is 0. The summed E-state index contributed by atoms with van der Waals surface area (Å²) in [5.41, 5.74) is 4.27. The van der Waals surface area contributed by atoms with Gasteiger partial charge in [-0.1, -0.05) is 18.2 Å². The molecule has 1 fully saturated rings. The normalized spacial score (nSPS) is 14.4. The third-order valence-corrected chi connectivity index (χ3v) is 6.58. The summed E-state index contributed by atoms with van der Waals surface area (Å²) < 4.78 is 8.91. The van der Waals surface area contributed by atoms with E-state index in [4.69, 9.17) is 4.74 Å². The van der Waals surface area contributed by atoms with Gasteiger partial charge in [0.15, 0.2) is 0 Å². The van der Waals surface area contributed by atoms with Crippen molar-refractivity contribution in [2.75, 3.05) is 32.1 Å². The second kappa shape index (κ2) is 10.1. The molecule has 2 aromatic carbocycles. The van der Waals surface area contributed by atoms with Crippen molar-refractivity contribution in [2.45, 2.75) is 25.4 Å². The summed E-state index contributed by atoms with van der Waals surface area (Å²) in [6, 6.07) is 19.3. The number of benzene rings is 2. The van der Waals surface area contributed by atoms with E-state index < -0.39 is 0 Å². The molecule has 1 amide bonds. The van der Waals surface area contributed by atoms with E-state index in [-0.39, 0.29) is 17.6 Å². The predicted octanol–water partition coefficient (Wildman–Crippen LogP) is 4.07. The number of hydrogen-bond donors (Lipinski definition) is 1. The Bertz CT molecular complexity index is 1370.